The molecule has 2 heterocycles. The van der Waals surface area contributed by atoms with Crippen LogP contribution in [-0.4, -0.2) is 195 Å². The van der Waals surface area contributed by atoms with E-state index in [4.69, 9.17) is 4.84 Å². The number of carbonyl (C=O) groups is 9. The van der Waals surface area contributed by atoms with E-state index in [0.29, 0.717) is 14.2 Å². The van der Waals surface area contributed by atoms with Gasteiger partial charge in [0.15, 0.2) is 5.78 Å². The van der Waals surface area contributed by atoms with E-state index >= 15 is 0 Å². The Hall–Kier alpha value is -4.58. The van der Waals surface area contributed by atoms with E-state index in [1.807, 2.05) is 22.6 Å². The second-order valence-corrected chi connectivity index (χ2v) is 15.0. The highest BCUT2D eigenvalue weighted by Gasteiger charge is 2.33. The number of ketones is 2. The van der Waals surface area contributed by atoms with Gasteiger partial charge in [0, 0.05) is 84.6 Å². The van der Waals surface area contributed by atoms with Crippen molar-refractivity contribution in [3.8, 4) is 5.75 Å². The van der Waals surface area contributed by atoms with E-state index in [2.05, 4.69) is 0 Å². The molecule has 3 amide bonds. The highest BCUT2D eigenvalue weighted by molar-refractivity contribution is 14.1. The maximum Gasteiger partial charge on any atom is 0.333 e. The van der Waals surface area contributed by atoms with Crippen LogP contribution in [0.25, 0.3) is 0 Å². The van der Waals surface area contributed by atoms with Gasteiger partial charge in [0.1, 0.15) is 11.5 Å². The maximum atomic E-state index is 13.5. The number of rotatable bonds is 20. The number of phenolic OH excluding ortho intramolecular Hbond substituents is 1. The molecule has 314 valence electrons. The maximum absolute atomic E-state index is 13.5. The van der Waals surface area contributed by atoms with Crippen LogP contribution in [0.5, 0.6) is 5.75 Å². The number of hydrogen-bond donors (Lipinski definition) is 4. The van der Waals surface area contributed by atoms with Gasteiger partial charge in [-0.3, -0.25) is 58.0 Å². The second-order valence-electron chi connectivity index (χ2n) is 13.8. The van der Waals surface area contributed by atoms with Gasteiger partial charge in [0.25, 0.3) is 11.8 Å². The van der Waals surface area contributed by atoms with Gasteiger partial charge in [0.2, 0.25) is 5.91 Å². The van der Waals surface area contributed by atoms with E-state index in [1.165, 1.54) is 11.0 Å². The van der Waals surface area contributed by atoms with Gasteiger partial charge in [-0.2, -0.15) is 0 Å². The van der Waals surface area contributed by atoms with E-state index in [0.717, 1.165) is 0 Å². The lowest BCUT2D eigenvalue weighted by atomic mass is 10.1. The van der Waals surface area contributed by atoms with Crippen molar-refractivity contribution in [3.05, 3.63) is 27.3 Å². The van der Waals surface area contributed by atoms with Gasteiger partial charge in [-0.15, -0.1) is 5.06 Å². The zero-order valence-corrected chi connectivity index (χ0v) is 33.7. The summed E-state index contributed by atoms with van der Waals surface area (Å²) in [6.07, 6.45) is -0.935. The first-order valence-electron chi connectivity index (χ1n) is 18.4. The first kappa shape index (κ1) is 46.8. The van der Waals surface area contributed by atoms with Crippen molar-refractivity contribution in [2.24, 2.45) is 0 Å². The summed E-state index contributed by atoms with van der Waals surface area (Å²) in [4.78, 5) is 123. The fourth-order valence-corrected chi connectivity index (χ4v) is 6.74. The van der Waals surface area contributed by atoms with Gasteiger partial charge in [0.05, 0.1) is 49.1 Å². The summed E-state index contributed by atoms with van der Waals surface area (Å²) in [5, 5.41) is 38.6. The molecule has 1 aromatic rings. The Morgan fingerprint density at radius 1 is 0.667 bits per heavy atom. The van der Waals surface area contributed by atoms with Crippen molar-refractivity contribution in [3.63, 3.8) is 0 Å². The van der Waals surface area contributed by atoms with Crippen molar-refractivity contribution < 1.29 is 68.4 Å². The Labute approximate surface area is 342 Å². The van der Waals surface area contributed by atoms with Crippen molar-refractivity contribution in [2.75, 3.05) is 91.6 Å². The molecule has 2 saturated heterocycles. The minimum atomic E-state index is -1.07. The largest absolute Gasteiger partial charge is 0.507 e. The topological polar surface area (TPSA) is 263 Å². The molecule has 0 unspecified atom stereocenters. The molecule has 0 radical (unpaired) electrons. The summed E-state index contributed by atoms with van der Waals surface area (Å²) in [5.41, 5.74) is 0.568. The number of carboxylic acid groups (broad SMARTS) is 3. The number of aliphatic carboxylic acids is 3. The highest BCUT2D eigenvalue weighted by atomic mass is 127. The van der Waals surface area contributed by atoms with E-state index in [-0.39, 0.29) is 135 Å². The number of carbonyl (C=O) groups excluding carboxylic acids is 6. The number of benzene rings is 1. The van der Waals surface area contributed by atoms with Crippen LogP contribution >= 0.6 is 22.6 Å². The molecule has 2 fully saturated rings. The van der Waals surface area contributed by atoms with Gasteiger partial charge >= 0.3 is 23.9 Å². The molecule has 0 saturated carbocycles. The molecular weight excluding hydrogens is 867 g/mol. The fourth-order valence-electron chi connectivity index (χ4n) is 6.16. The Bertz CT molecular complexity index is 1610. The standard InChI is InChI=1S/C36H49IN6O14/c37-28-18-25(3-5-29(28)46)19-32(49)42(21-27(45)4-8-36(56)57-43-30(47)6-7-31(43)48)9-1-2-26(44)20-38-10-12-39(22-33(50)51)14-16-41(24-35(54)55)17-15-40(13-11-38)23-34(52)53/h3,5,18,46H,1-2,4,6-17,19-24H2,(H,50,51)(H,52,53)(H,54,55). The summed E-state index contributed by atoms with van der Waals surface area (Å²) >= 11 is 1.91. The Kier molecular flexibility index (Phi) is 19.4. The van der Waals surface area contributed by atoms with Crippen molar-refractivity contribution >= 4 is 75.8 Å². The molecule has 4 N–H and O–H groups in total. The van der Waals surface area contributed by atoms with E-state index < -0.39 is 60.3 Å². The summed E-state index contributed by atoms with van der Waals surface area (Å²) in [6.45, 7) is 0.527. The molecule has 0 aromatic heterocycles. The molecule has 1 aromatic carbocycles. The highest BCUT2D eigenvalue weighted by Crippen LogP contribution is 2.21. The lowest BCUT2D eigenvalue weighted by Crippen LogP contribution is -2.49. The van der Waals surface area contributed by atoms with Crippen LogP contribution in [0.1, 0.15) is 44.1 Å². The molecule has 3 rings (SSSR count). The lowest BCUT2D eigenvalue weighted by Gasteiger charge is -2.32. The molecule has 0 spiro atoms. The third-order valence-electron chi connectivity index (χ3n) is 9.18. The molecule has 2 aliphatic heterocycles. The van der Waals surface area contributed by atoms with Crippen LogP contribution in [0.3, 0.4) is 0 Å². The Morgan fingerprint density at radius 2 is 1.14 bits per heavy atom. The number of phenols is 1. The third-order valence-corrected chi connectivity index (χ3v) is 10.0. The van der Waals surface area contributed by atoms with Crippen molar-refractivity contribution in [1.29, 1.82) is 0 Å². The monoisotopic (exact) mass is 916 g/mol. The first-order chi connectivity index (χ1) is 27.0. The number of amides is 3. The minimum Gasteiger partial charge on any atom is -0.507 e. The number of imide groups is 1. The van der Waals surface area contributed by atoms with Gasteiger partial charge in [-0.25, -0.2) is 4.79 Å². The average molecular weight is 917 g/mol. The van der Waals surface area contributed by atoms with Gasteiger partial charge in [-0.05, 0) is 46.7 Å². The summed E-state index contributed by atoms with van der Waals surface area (Å²) in [5.74, 6) is -6.65. The smallest absolute Gasteiger partial charge is 0.333 e. The molecule has 0 atom stereocenters. The molecular formula is C36H49IN6O14. The quantitative estimate of drug-likeness (QED) is 0.0917. The number of hydroxylamine groups is 2. The zero-order chi connectivity index (χ0) is 42.1. The number of hydrogen-bond acceptors (Lipinski definition) is 15. The van der Waals surface area contributed by atoms with E-state index in [1.54, 1.807) is 31.7 Å². The first-order valence-corrected chi connectivity index (χ1v) is 19.5. The van der Waals surface area contributed by atoms with Crippen LogP contribution in [0.4, 0.5) is 0 Å². The Morgan fingerprint density at radius 3 is 1.60 bits per heavy atom. The summed E-state index contributed by atoms with van der Waals surface area (Å²) in [7, 11) is 0. The second kappa shape index (κ2) is 23.6. The average Bonchev–Trinajstić information content (AvgIpc) is 3.44. The third kappa shape index (κ3) is 17.6. The normalized spacial score (nSPS) is 16.8. The number of nitrogens with zero attached hydrogens (tertiary/aromatic N) is 6. The van der Waals surface area contributed by atoms with E-state index in [9.17, 15) is 63.6 Å². The predicted octanol–water partition coefficient (Wildman–Crippen LogP) is -0.851. The van der Waals surface area contributed by atoms with Crippen LogP contribution in [0, 0.1) is 3.57 Å². The van der Waals surface area contributed by atoms with Gasteiger partial charge in [-0.1, -0.05) is 6.07 Å². The molecule has 0 bridgehead atoms. The summed E-state index contributed by atoms with van der Waals surface area (Å²) < 4.78 is 0.513. The van der Waals surface area contributed by atoms with Crippen LogP contribution in [0.2, 0.25) is 0 Å². The Balaban J connectivity index is 1.65. The SMILES string of the molecule is O=C(O)CN1CCN(CC(=O)O)CCN(CC(=O)CCCN(CC(=O)CCC(=O)ON2C(=O)CCC2=O)C(=O)Cc2ccc(O)c(I)c2)CCN(CC(=O)O)CC1. The number of halogens is 1. The predicted molar refractivity (Wildman–Crippen MR) is 205 cm³/mol. The molecule has 20 nitrogen and oxygen atoms in total. The summed E-state index contributed by atoms with van der Waals surface area (Å²) in [6, 6.07) is 4.62. The minimum absolute atomic E-state index is 0.00165. The number of carboxylic acids is 3. The molecule has 0 aliphatic carbocycles. The molecule has 21 heteroatoms. The molecule has 57 heavy (non-hydrogen) atoms. The molecule has 2 aliphatic rings. The lowest BCUT2D eigenvalue weighted by molar-refractivity contribution is -0.197. The van der Waals surface area contributed by atoms with Crippen molar-refractivity contribution in [2.45, 2.75) is 44.9 Å². The number of Topliss-reactive ketones (excluding diaryl/α,β-unsaturated/α-hetero) is 2. The van der Waals surface area contributed by atoms with Gasteiger partial charge < -0.3 is 30.2 Å². The van der Waals surface area contributed by atoms with Crippen LogP contribution < -0.4 is 0 Å². The van der Waals surface area contributed by atoms with Crippen LogP contribution in [0.15, 0.2) is 18.2 Å². The van der Waals surface area contributed by atoms with Crippen molar-refractivity contribution in [1.82, 2.24) is 29.6 Å². The zero-order valence-electron chi connectivity index (χ0n) is 31.5. The fraction of sp³-hybridized carbons (Fsp3) is 0.583. The van der Waals surface area contributed by atoms with Crippen LogP contribution in [-0.2, 0) is 54.4 Å². The number of aromatic hydroxyl groups is 1.